The topological polar surface area (TPSA) is 67.9 Å². The first-order valence-corrected chi connectivity index (χ1v) is 10.9. The summed E-state index contributed by atoms with van der Waals surface area (Å²) in [6.45, 7) is 0.135. The second-order valence-electron chi connectivity index (χ2n) is 7.02. The normalized spacial score (nSPS) is 14.5. The number of carbonyl (C=O) groups excluding carboxylic acids is 2. The molecule has 1 fully saturated rings. The summed E-state index contributed by atoms with van der Waals surface area (Å²) >= 11 is 9.94. The third-order valence-electron chi connectivity index (χ3n) is 4.88. The van der Waals surface area contributed by atoms with E-state index in [-0.39, 0.29) is 28.8 Å². The minimum Gasteiger partial charge on any atom is -0.493 e. The molecule has 0 aromatic heterocycles. The number of hydrazine groups is 1. The second kappa shape index (κ2) is 9.64. The van der Waals surface area contributed by atoms with Crippen molar-refractivity contribution in [3.63, 3.8) is 0 Å². The van der Waals surface area contributed by atoms with Crippen molar-refractivity contribution in [2.45, 2.75) is 6.61 Å². The van der Waals surface area contributed by atoms with Crippen molar-refractivity contribution in [3.05, 3.63) is 92.7 Å². The molecule has 0 radical (unpaired) electrons. The van der Waals surface area contributed by atoms with Crippen LogP contribution in [0.4, 0.5) is 10.1 Å². The maximum Gasteiger partial charge on any atom is 0.282 e. The molecule has 1 aliphatic rings. The van der Waals surface area contributed by atoms with Gasteiger partial charge in [0.15, 0.2) is 11.5 Å². The quantitative estimate of drug-likeness (QED) is 0.347. The van der Waals surface area contributed by atoms with Gasteiger partial charge in [-0.25, -0.2) is 9.40 Å². The molecule has 1 N–H and O–H groups in total. The highest BCUT2D eigenvalue weighted by Crippen LogP contribution is 2.43. The number of carbonyl (C=O) groups is 2. The molecule has 2 amide bonds. The van der Waals surface area contributed by atoms with Gasteiger partial charge in [0, 0.05) is 4.47 Å². The monoisotopic (exact) mass is 530 g/mol. The highest BCUT2D eigenvalue weighted by molar-refractivity contribution is 9.10. The van der Waals surface area contributed by atoms with E-state index in [1.54, 1.807) is 42.5 Å². The molecule has 1 aliphatic heterocycles. The Balaban J connectivity index is 1.64. The predicted molar refractivity (Wildman–Crippen MR) is 126 cm³/mol. The molecular formula is C24H17BrClFN2O4. The highest BCUT2D eigenvalue weighted by Gasteiger charge is 2.34. The molecule has 33 heavy (non-hydrogen) atoms. The van der Waals surface area contributed by atoms with Crippen molar-refractivity contribution in [2.24, 2.45) is 0 Å². The van der Waals surface area contributed by atoms with E-state index >= 15 is 0 Å². The van der Waals surface area contributed by atoms with E-state index in [0.29, 0.717) is 21.5 Å². The summed E-state index contributed by atoms with van der Waals surface area (Å²) in [6, 6.07) is 16.3. The summed E-state index contributed by atoms with van der Waals surface area (Å²) in [7, 11) is 1.45. The first kappa shape index (κ1) is 22.8. The van der Waals surface area contributed by atoms with Crippen molar-refractivity contribution in [3.8, 4) is 11.5 Å². The zero-order chi connectivity index (χ0) is 23.5. The summed E-state index contributed by atoms with van der Waals surface area (Å²) in [5, 5.41) is 1.38. The maximum absolute atomic E-state index is 13.1. The summed E-state index contributed by atoms with van der Waals surface area (Å²) in [5.41, 5.74) is 4.23. The van der Waals surface area contributed by atoms with Crippen molar-refractivity contribution in [1.29, 1.82) is 0 Å². The molecular weight excluding hydrogens is 515 g/mol. The number of anilines is 1. The number of methoxy groups -OCH3 is 1. The van der Waals surface area contributed by atoms with Gasteiger partial charge >= 0.3 is 0 Å². The summed E-state index contributed by atoms with van der Waals surface area (Å²) in [4.78, 5) is 25.4. The number of hydrogen-bond donors (Lipinski definition) is 1. The Morgan fingerprint density at radius 2 is 1.82 bits per heavy atom. The third-order valence-corrected chi connectivity index (χ3v) is 6.32. The molecule has 3 aromatic rings. The van der Waals surface area contributed by atoms with Crippen LogP contribution in [0.15, 0.2) is 70.7 Å². The van der Waals surface area contributed by atoms with Gasteiger partial charge in [0.2, 0.25) is 0 Å². The number of rotatable bonds is 6. The Hall–Kier alpha value is -3.36. The van der Waals surface area contributed by atoms with Crippen LogP contribution in [0.2, 0.25) is 5.02 Å². The molecule has 6 nitrogen and oxygen atoms in total. The first-order valence-electron chi connectivity index (χ1n) is 9.74. The van der Waals surface area contributed by atoms with Crippen molar-refractivity contribution in [2.75, 3.05) is 12.1 Å². The van der Waals surface area contributed by atoms with E-state index in [0.717, 1.165) is 5.56 Å². The van der Waals surface area contributed by atoms with Crippen LogP contribution in [0.5, 0.6) is 11.5 Å². The largest absolute Gasteiger partial charge is 0.493 e. The van der Waals surface area contributed by atoms with Crippen LogP contribution in [-0.4, -0.2) is 18.9 Å². The number of hydrogen-bond acceptors (Lipinski definition) is 4. The van der Waals surface area contributed by atoms with E-state index < -0.39 is 11.8 Å². The molecule has 1 heterocycles. The fourth-order valence-corrected chi connectivity index (χ4v) is 3.87. The zero-order valence-corrected chi connectivity index (χ0v) is 19.6. The van der Waals surface area contributed by atoms with Gasteiger partial charge in [-0.2, -0.15) is 0 Å². The number of nitrogens with one attached hydrogen (secondary N) is 1. The Labute approximate surface area is 202 Å². The number of halogens is 3. The standard InChI is InChI=1S/C24H17BrClFN2O4/c1-32-19-12-15(11-18-23(30)28-29(24(18)31)17-5-3-2-4-6-17)20(25)21(26)22(19)33-13-14-7-9-16(27)10-8-14/h2-12H,13H2,1H3,(H,28,30)/b18-11-. The van der Waals surface area contributed by atoms with E-state index in [1.165, 1.54) is 30.3 Å². The van der Waals surface area contributed by atoms with Crippen LogP contribution in [0, 0.1) is 5.82 Å². The predicted octanol–water partition coefficient (Wildman–Crippen LogP) is 5.29. The highest BCUT2D eigenvalue weighted by atomic mass is 79.9. The van der Waals surface area contributed by atoms with Gasteiger partial charge in [0.05, 0.1) is 12.8 Å². The molecule has 0 aliphatic carbocycles. The lowest BCUT2D eigenvalue weighted by molar-refractivity contribution is -0.117. The van der Waals surface area contributed by atoms with Crippen LogP contribution >= 0.6 is 27.5 Å². The van der Waals surface area contributed by atoms with E-state index in [1.807, 2.05) is 6.07 Å². The molecule has 0 atom stereocenters. The lowest BCUT2D eigenvalue weighted by atomic mass is 10.1. The van der Waals surface area contributed by atoms with Gasteiger partial charge in [-0.1, -0.05) is 41.9 Å². The molecule has 0 spiro atoms. The smallest absolute Gasteiger partial charge is 0.282 e. The Bertz CT molecular complexity index is 1250. The molecule has 0 unspecified atom stereocenters. The van der Waals surface area contributed by atoms with Gasteiger partial charge in [0.25, 0.3) is 11.8 Å². The molecule has 0 saturated carbocycles. The number of nitrogens with zero attached hydrogens (tertiary/aromatic N) is 1. The molecule has 0 bridgehead atoms. The van der Waals surface area contributed by atoms with Crippen LogP contribution in [0.25, 0.3) is 6.08 Å². The van der Waals surface area contributed by atoms with Gasteiger partial charge < -0.3 is 9.47 Å². The molecule has 4 rings (SSSR count). The Morgan fingerprint density at radius 3 is 2.48 bits per heavy atom. The average Bonchev–Trinajstić information content (AvgIpc) is 3.11. The van der Waals surface area contributed by atoms with Gasteiger partial charge in [-0.05, 0) is 63.5 Å². The molecule has 3 aromatic carbocycles. The third kappa shape index (κ3) is 4.72. The van der Waals surface area contributed by atoms with E-state index in [4.69, 9.17) is 21.1 Å². The Morgan fingerprint density at radius 1 is 1.12 bits per heavy atom. The minimum absolute atomic E-state index is 0.0577. The lowest BCUT2D eigenvalue weighted by Crippen LogP contribution is -2.35. The first-order chi connectivity index (χ1) is 15.9. The Kier molecular flexibility index (Phi) is 6.67. The van der Waals surface area contributed by atoms with E-state index in [2.05, 4.69) is 21.4 Å². The molecule has 9 heteroatoms. The number of benzene rings is 3. The second-order valence-corrected chi connectivity index (χ2v) is 8.19. The summed E-state index contributed by atoms with van der Waals surface area (Å²) in [6.07, 6.45) is 1.43. The van der Waals surface area contributed by atoms with E-state index in [9.17, 15) is 14.0 Å². The summed E-state index contributed by atoms with van der Waals surface area (Å²) in [5.74, 6) is -0.799. The van der Waals surface area contributed by atoms with Gasteiger partial charge in [0.1, 0.15) is 23.0 Å². The SMILES string of the molecule is COc1cc(/C=C2/C(=O)NN(c3ccccc3)C2=O)c(Br)c(Cl)c1OCc1ccc(F)cc1. The number of para-hydroxylation sites is 1. The number of amides is 2. The van der Waals surface area contributed by atoms with Crippen molar-refractivity contribution >= 4 is 51.1 Å². The van der Waals surface area contributed by atoms with Crippen molar-refractivity contribution in [1.82, 2.24) is 5.43 Å². The average molecular weight is 532 g/mol. The van der Waals surface area contributed by atoms with Crippen LogP contribution in [0.3, 0.4) is 0 Å². The van der Waals surface area contributed by atoms with Gasteiger partial charge in [-0.3, -0.25) is 15.0 Å². The number of ether oxygens (including phenoxy) is 2. The fraction of sp³-hybridized carbons (Fsp3) is 0.0833. The molecule has 1 saturated heterocycles. The van der Waals surface area contributed by atoms with Crippen LogP contribution in [-0.2, 0) is 16.2 Å². The summed E-state index contributed by atoms with van der Waals surface area (Å²) < 4.78 is 24.8. The van der Waals surface area contributed by atoms with Crippen molar-refractivity contribution < 1.29 is 23.5 Å². The van der Waals surface area contributed by atoms with Gasteiger partial charge in [-0.15, -0.1) is 0 Å². The van der Waals surface area contributed by atoms with Crippen LogP contribution < -0.4 is 19.9 Å². The minimum atomic E-state index is -0.539. The zero-order valence-electron chi connectivity index (χ0n) is 17.3. The molecule has 168 valence electrons. The maximum atomic E-state index is 13.1. The van der Waals surface area contributed by atoms with Crippen LogP contribution in [0.1, 0.15) is 11.1 Å². The fourth-order valence-electron chi connectivity index (χ4n) is 3.20. The lowest BCUT2D eigenvalue weighted by Gasteiger charge is -2.15.